The van der Waals surface area contributed by atoms with Crippen molar-refractivity contribution in [2.45, 2.75) is 13.1 Å². The summed E-state index contributed by atoms with van der Waals surface area (Å²) in [6.07, 6.45) is 1.89. The van der Waals surface area contributed by atoms with Crippen molar-refractivity contribution in [1.29, 1.82) is 0 Å². The highest BCUT2D eigenvalue weighted by Gasteiger charge is 2.17. The standard InChI is InChI=1S/C24H23N3O/c1-26-18-22(21-14-8-9-15-23(21)26)24(28)25-27(16-19-10-4-2-5-11-19)17-20-12-6-3-7-13-20/h2-15,18H,16-17H2,1H3,(H,25,28). The van der Waals surface area contributed by atoms with Crippen LogP contribution in [-0.2, 0) is 20.1 Å². The van der Waals surface area contributed by atoms with Gasteiger partial charge in [0, 0.05) is 37.2 Å². The molecular weight excluding hydrogens is 346 g/mol. The van der Waals surface area contributed by atoms with Gasteiger partial charge in [-0.2, -0.15) is 0 Å². The van der Waals surface area contributed by atoms with Gasteiger partial charge in [-0.3, -0.25) is 10.2 Å². The van der Waals surface area contributed by atoms with E-state index in [1.807, 2.05) is 83.5 Å². The van der Waals surface area contributed by atoms with E-state index < -0.39 is 0 Å². The second kappa shape index (κ2) is 8.11. The van der Waals surface area contributed by atoms with Crippen molar-refractivity contribution in [3.8, 4) is 0 Å². The number of aryl methyl sites for hydroxylation is 1. The topological polar surface area (TPSA) is 37.3 Å². The number of amides is 1. The molecule has 4 nitrogen and oxygen atoms in total. The van der Waals surface area contributed by atoms with Crippen LogP contribution in [-0.4, -0.2) is 15.5 Å². The first-order valence-electron chi connectivity index (χ1n) is 9.38. The summed E-state index contributed by atoms with van der Waals surface area (Å²) >= 11 is 0. The van der Waals surface area contributed by atoms with E-state index in [4.69, 9.17) is 0 Å². The average Bonchev–Trinajstić information content (AvgIpc) is 3.07. The van der Waals surface area contributed by atoms with Gasteiger partial charge < -0.3 is 4.57 Å². The quantitative estimate of drug-likeness (QED) is 0.507. The van der Waals surface area contributed by atoms with Crippen LogP contribution in [0.4, 0.5) is 0 Å². The van der Waals surface area contributed by atoms with Crippen LogP contribution in [0.3, 0.4) is 0 Å². The van der Waals surface area contributed by atoms with Gasteiger partial charge in [-0.25, -0.2) is 5.01 Å². The van der Waals surface area contributed by atoms with E-state index in [9.17, 15) is 4.79 Å². The summed E-state index contributed by atoms with van der Waals surface area (Å²) in [5.41, 5.74) is 7.15. The fourth-order valence-electron chi connectivity index (χ4n) is 3.47. The van der Waals surface area contributed by atoms with Crippen molar-refractivity contribution >= 4 is 16.8 Å². The van der Waals surface area contributed by atoms with Gasteiger partial charge in [-0.15, -0.1) is 0 Å². The van der Waals surface area contributed by atoms with Gasteiger partial charge in [0.1, 0.15) is 0 Å². The fraction of sp³-hybridized carbons (Fsp3) is 0.125. The minimum absolute atomic E-state index is 0.0938. The lowest BCUT2D eigenvalue weighted by molar-refractivity contribution is 0.0761. The van der Waals surface area contributed by atoms with Crippen molar-refractivity contribution in [2.75, 3.05) is 0 Å². The lowest BCUT2D eigenvalue weighted by atomic mass is 10.1. The van der Waals surface area contributed by atoms with Gasteiger partial charge in [0.25, 0.3) is 5.91 Å². The molecule has 0 saturated heterocycles. The zero-order valence-electron chi connectivity index (χ0n) is 15.9. The first kappa shape index (κ1) is 18.0. The van der Waals surface area contributed by atoms with E-state index >= 15 is 0 Å². The van der Waals surface area contributed by atoms with Gasteiger partial charge >= 0.3 is 0 Å². The van der Waals surface area contributed by atoms with Gasteiger partial charge in [0.2, 0.25) is 0 Å². The molecule has 0 fully saturated rings. The Kier molecular flexibility index (Phi) is 5.22. The zero-order valence-corrected chi connectivity index (χ0v) is 15.9. The van der Waals surface area contributed by atoms with Gasteiger partial charge in [0.15, 0.2) is 0 Å². The molecule has 0 spiro atoms. The van der Waals surface area contributed by atoms with Crippen molar-refractivity contribution in [3.05, 3.63) is 108 Å². The molecule has 4 rings (SSSR count). The lowest BCUT2D eigenvalue weighted by Crippen LogP contribution is -2.41. The third kappa shape index (κ3) is 3.97. The number of hydrogen-bond donors (Lipinski definition) is 1. The number of rotatable bonds is 6. The van der Waals surface area contributed by atoms with Crippen molar-refractivity contribution in [2.24, 2.45) is 7.05 Å². The Morgan fingerprint density at radius 2 is 1.36 bits per heavy atom. The Balaban J connectivity index is 1.59. The molecule has 1 N–H and O–H groups in total. The number of aromatic nitrogens is 1. The highest BCUT2D eigenvalue weighted by Crippen LogP contribution is 2.20. The Morgan fingerprint density at radius 3 is 1.96 bits per heavy atom. The molecule has 0 saturated carbocycles. The Labute approximate surface area is 165 Å². The maximum atomic E-state index is 13.1. The predicted octanol–water partition coefficient (Wildman–Crippen LogP) is 4.53. The van der Waals surface area contributed by atoms with E-state index in [-0.39, 0.29) is 5.91 Å². The Hall–Kier alpha value is -3.37. The molecule has 0 aliphatic rings. The van der Waals surface area contributed by atoms with Gasteiger partial charge in [0.05, 0.1) is 5.56 Å². The third-order valence-corrected chi connectivity index (χ3v) is 4.83. The molecule has 3 aromatic carbocycles. The number of hydrazine groups is 1. The molecule has 140 valence electrons. The average molecular weight is 369 g/mol. The normalized spacial score (nSPS) is 11.1. The predicted molar refractivity (Wildman–Crippen MR) is 113 cm³/mol. The highest BCUT2D eigenvalue weighted by molar-refractivity contribution is 6.06. The van der Waals surface area contributed by atoms with Crippen LogP contribution < -0.4 is 5.43 Å². The van der Waals surface area contributed by atoms with Crippen LogP contribution in [0.25, 0.3) is 10.9 Å². The Morgan fingerprint density at radius 1 is 0.821 bits per heavy atom. The molecule has 0 radical (unpaired) electrons. The van der Waals surface area contributed by atoms with Crippen LogP contribution in [0.1, 0.15) is 21.5 Å². The number of nitrogens with one attached hydrogen (secondary N) is 1. The van der Waals surface area contributed by atoms with E-state index in [2.05, 4.69) is 29.7 Å². The first-order chi connectivity index (χ1) is 13.7. The number of fused-ring (bicyclic) bond motifs is 1. The van der Waals surface area contributed by atoms with Crippen LogP contribution >= 0.6 is 0 Å². The van der Waals surface area contributed by atoms with Crippen molar-refractivity contribution < 1.29 is 4.79 Å². The summed E-state index contributed by atoms with van der Waals surface area (Å²) in [6, 6.07) is 28.3. The minimum atomic E-state index is -0.0938. The largest absolute Gasteiger partial charge is 0.350 e. The molecule has 0 aliphatic heterocycles. The molecule has 1 heterocycles. The van der Waals surface area contributed by atoms with Gasteiger partial charge in [-0.1, -0.05) is 78.9 Å². The van der Waals surface area contributed by atoms with Crippen LogP contribution in [0.2, 0.25) is 0 Å². The van der Waals surface area contributed by atoms with Gasteiger partial charge in [-0.05, 0) is 17.2 Å². The molecule has 4 aromatic rings. The smallest absolute Gasteiger partial charge is 0.267 e. The van der Waals surface area contributed by atoms with E-state index in [1.54, 1.807) is 0 Å². The van der Waals surface area contributed by atoms with Crippen LogP contribution in [0.15, 0.2) is 91.1 Å². The third-order valence-electron chi connectivity index (χ3n) is 4.83. The highest BCUT2D eigenvalue weighted by atomic mass is 16.2. The van der Waals surface area contributed by atoms with Crippen molar-refractivity contribution in [1.82, 2.24) is 15.0 Å². The number of nitrogens with zero attached hydrogens (tertiary/aromatic N) is 2. The summed E-state index contributed by atoms with van der Waals surface area (Å²) in [5.74, 6) is -0.0938. The van der Waals surface area contributed by atoms with E-state index in [0.29, 0.717) is 18.7 Å². The number of benzene rings is 3. The number of para-hydroxylation sites is 1. The lowest BCUT2D eigenvalue weighted by Gasteiger charge is -2.23. The molecule has 1 aromatic heterocycles. The first-order valence-corrected chi connectivity index (χ1v) is 9.38. The number of carbonyl (C=O) groups is 1. The van der Waals surface area contributed by atoms with Crippen molar-refractivity contribution in [3.63, 3.8) is 0 Å². The SMILES string of the molecule is Cn1cc(C(=O)NN(Cc2ccccc2)Cc2ccccc2)c2ccccc21. The summed E-state index contributed by atoms with van der Waals surface area (Å²) in [5, 5.41) is 2.93. The Bertz CT molecular complexity index is 1030. The maximum Gasteiger partial charge on any atom is 0.267 e. The molecule has 0 bridgehead atoms. The molecule has 4 heteroatoms. The summed E-state index contributed by atoms with van der Waals surface area (Å²) in [7, 11) is 1.96. The molecule has 1 amide bonds. The number of carbonyl (C=O) groups excluding carboxylic acids is 1. The van der Waals surface area contributed by atoms with E-state index in [0.717, 1.165) is 22.0 Å². The molecule has 0 unspecified atom stereocenters. The maximum absolute atomic E-state index is 13.1. The summed E-state index contributed by atoms with van der Waals surface area (Å²) in [4.78, 5) is 13.1. The molecule has 0 atom stereocenters. The molecule has 0 aliphatic carbocycles. The molecule has 28 heavy (non-hydrogen) atoms. The summed E-state index contributed by atoms with van der Waals surface area (Å²) in [6.45, 7) is 1.26. The van der Waals surface area contributed by atoms with Crippen LogP contribution in [0, 0.1) is 0 Å². The second-order valence-corrected chi connectivity index (χ2v) is 6.94. The number of hydrogen-bond acceptors (Lipinski definition) is 2. The molecular formula is C24H23N3O. The van der Waals surface area contributed by atoms with E-state index in [1.165, 1.54) is 0 Å². The minimum Gasteiger partial charge on any atom is -0.350 e. The summed E-state index contributed by atoms with van der Waals surface area (Å²) < 4.78 is 1.99. The monoisotopic (exact) mass is 369 g/mol. The fourth-order valence-corrected chi connectivity index (χ4v) is 3.47. The second-order valence-electron chi connectivity index (χ2n) is 6.94. The zero-order chi connectivity index (χ0) is 19.3. The van der Waals surface area contributed by atoms with Crippen LogP contribution in [0.5, 0.6) is 0 Å².